The average Bonchev–Trinajstić information content (AvgIpc) is 3.35. The molecule has 0 heterocycles. The molecule has 0 aromatic heterocycles. The van der Waals surface area contributed by atoms with Gasteiger partial charge in [0.2, 0.25) is 0 Å². The van der Waals surface area contributed by atoms with Gasteiger partial charge in [-0.2, -0.15) is 0 Å². The molecule has 0 radical (unpaired) electrons. The van der Waals surface area contributed by atoms with E-state index in [0.29, 0.717) is 19.3 Å². The molecule has 0 aliphatic carbocycles. The van der Waals surface area contributed by atoms with Gasteiger partial charge in [0.15, 0.2) is 6.10 Å². The summed E-state index contributed by atoms with van der Waals surface area (Å²) in [5.74, 6) is -1.11. The Morgan fingerprint density at radius 3 is 1.01 bits per heavy atom. The molecule has 1 unspecified atom stereocenters. The second-order valence-corrected chi connectivity index (χ2v) is 17.0. The molecule has 6 nitrogen and oxygen atoms in total. The number of unbranched alkanes of at least 4 members (excludes halogenated alkanes) is 9. The fourth-order valence-electron chi connectivity index (χ4n) is 6.53. The van der Waals surface area contributed by atoms with Crippen molar-refractivity contribution in [2.45, 2.75) is 207 Å². The minimum Gasteiger partial charge on any atom is -0.462 e. The van der Waals surface area contributed by atoms with Crippen LogP contribution in [0.25, 0.3) is 0 Å². The lowest BCUT2D eigenvalue weighted by Crippen LogP contribution is -2.30. The van der Waals surface area contributed by atoms with Crippen molar-refractivity contribution in [2.75, 3.05) is 13.2 Å². The van der Waals surface area contributed by atoms with Crippen molar-refractivity contribution in [3.05, 3.63) is 158 Å². The normalized spacial score (nSPS) is 13.4. The number of hydrogen-bond donors (Lipinski definition) is 0. The van der Waals surface area contributed by atoms with Crippen LogP contribution in [0.4, 0.5) is 0 Å². The molecule has 384 valence electrons. The van der Waals surface area contributed by atoms with E-state index in [9.17, 15) is 14.4 Å². The molecule has 0 N–H and O–H groups in total. The number of allylic oxidation sites excluding steroid dienone is 26. The van der Waals surface area contributed by atoms with Crippen LogP contribution in [-0.2, 0) is 28.6 Å². The summed E-state index contributed by atoms with van der Waals surface area (Å²) >= 11 is 0. The second-order valence-electron chi connectivity index (χ2n) is 17.0. The van der Waals surface area contributed by atoms with Crippen LogP contribution in [0.5, 0.6) is 0 Å². The van der Waals surface area contributed by atoms with Crippen LogP contribution in [0.3, 0.4) is 0 Å². The van der Waals surface area contributed by atoms with Crippen LogP contribution in [0, 0.1) is 0 Å². The zero-order valence-electron chi connectivity index (χ0n) is 43.8. The first-order valence-electron chi connectivity index (χ1n) is 27.0. The van der Waals surface area contributed by atoms with E-state index in [1.807, 2.05) is 12.2 Å². The Morgan fingerprint density at radius 1 is 0.304 bits per heavy atom. The third kappa shape index (κ3) is 53.8. The van der Waals surface area contributed by atoms with E-state index in [1.54, 1.807) is 0 Å². The highest BCUT2D eigenvalue weighted by molar-refractivity contribution is 5.71. The lowest BCUT2D eigenvalue weighted by molar-refractivity contribution is -0.166. The van der Waals surface area contributed by atoms with Gasteiger partial charge >= 0.3 is 17.9 Å². The predicted octanol–water partition coefficient (Wildman–Crippen LogP) is 18.2. The second kappa shape index (κ2) is 55.6. The minimum atomic E-state index is -0.852. The molecule has 0 rings (SSSR count). The molecular formula is C63H96O6. The Hall–Kier alpha value is -4.97. The third-order valence-electron chi connectivity index (χ3n) is 10.5. The molecule has 0 spiro atoms. The van der Waals surface area contributed by atoms with E-state index in [-0.39, 0.29) is 38.0 Å². The zero-order valence-corrected chi connectivity index (χ0v) is 43.8. The topological polar surface area (TPSA) is 78.9 Å². The van der Waals surface area contributed by atoms with Crippen LogP contribution < -0.4 is 0 Å². The number of rotatable bonds is 46. The summed E-state index contributed by atoms with van der Waals surface area (Å²) in [7, 11) is 0. The molecule has 0 aromatic rings. The van der Waals surface area contributed by atoms with Crippen molar-refractivity contribution < 1.29 is 28.6 Å². The summed E-state index contributed by atoms with van der Waals surface area (Å²) in [6, 6.07) is 0. The maximum Gasteiger partial charge on any atom is 0.306 e. The van der Waals surface area contributed by atoms with Crippen molar-refractivity contribution in [2.24, 2.45) is 0 Å². The lowest BCUT2D eigenvalue weighted by Gasteiger charge is -2.18. The highest BCUT2D eigenvalue weighted by Crippen LogP contribution is 2.11. The standard InChI is InChI=1S/C63H96O6/c1-4-7-10-13-16-19-22-25-28-30-31-33-35-38-41-44-47-50-53-56-62(65)68-59-60(58-67-61(64)55-52-49-46-43-40-37-34-27-24-21-18-15-12-9-6-3)69-63(66)57-54-51-48-45-42-39-36-32-29-26-23-20-17-14-11-8-5-2/h7-8,10-11,16-21,25-29,31,33-34,36,38-39,41,45,47-48,50,60H,4-6,9,12-15,22-24,30,32,35,37,40,42-44,46,49,51-59H2,1-3H3/b10-7-,11-8-,19-16-,20-17-,21-18-,28-25-,29-26-,33-31-,34-27-,39-36-,41-38-,48-45-,50-47-. The highest BCUT2D eigenvalue weighted by Gasteiger charge is 2.19. The predicted molar refractivity (Wildman–Crippen MR) is 297 cm³/mol. The van der Waals surface area contributed by atoms with Crippen LogP contribution >= 0.6 is 0 Å². The smallest absolute Gasteiger partial charge is 0.306 e. The van der Waals surface area contributed by atoms with Gasteiger partial charge in [-0.25, -0.2) is 0 Å². The molecule has 1 atom stereocenters. The first-order valence-corrected chi connectivity index (χ1v) is 27.0. The van der Waals surface area contributed by atoms with Crippen molar-refractivity contribution in [1.29, 1.82) is 0 Å². The summed E-state index contributed by atoms with van der Waals surface area (Å²) in [6.45, 7) is 6.23. The van der Waals surface area contributed by atoms with E-state index < -0.39 is 12.1 Å². The Bertz CT molecular complexity index is 1610. The molecule has 0 saturated heterocycles. The van der Waals surface area contributed by atoms with Gasteiger partial charge in [0.25, 0.3) is 0 Å². The van der Waals surface area contributed by atoms with Crippen LogP contribution in [0.15, 0.2) is 158 Å². The maximum absolute atomic E-state index is 12.8. The first-order chi connectivity index (χ1) is 34.0. The number of hydrogen-bond acceptors (Lipinski definition) is 6. The number of carbonyl (C=O) groups is 3. The van der Waals surface area contributed by atoms with Crippen LogP contribution in [0.1, 0.15) is 201 Å². The highest BCUT2D eigenvalue weighted by atomic mass is 16.6. The molecule has 0 fully saturated rings. The summed E-state index contributed by atoms with van der Waals surface area (Å²) in [6.07, 6.45) is 81.0. The lowest BCUT2D eigenvalue weighted by atomic mass is 10.1. The van der Waals surface area contributed by atoms with E-state index in [2.05, 4.69) is 167 Å². The van der Waals surface area contributed by atoms with Gasteiger partial charge in [0.05, 0.1) is 0 Å². The quantitative estimate of drug-likeness (QED) is 0.0262. The fraction of sp³-hybridized carbons (Fsp3) is 0.540. The summed E-state index contributed by atoms with van der Waals surface area (Å²) in [5.41, 5.74) is 0. The summed E-state index contributed by atoms with van der Waals surface area (Å²) in [4.78, 5) is 38.0. The van der Waals surface area contributed by atoms with Gasteiger partial charge in [-0.3, -0.25) is 14.4 Å². The van der Waals surface area contributed by atoms with Gasteiger partial charge in [-0.15, -0.1) is 0 Å². The van der Waals surface area contributed by atoms with Gasteiger partial charge in [-0.05, 0) is 128 Å². The van der Waals surface area contributed by atoms with Crippen molar-refractivity contribution in [3.63, 3.8) is 0 Å². The van der Waals surface area contributed by atoms with Crippen molar-refractivity contribution in [1.82, 2.24) is 0 Å². The van der Waals surface area contributed by atoms with Gasteiger partial charge in [0, 0.05) is 19.3 Å². The molecule has 6 heteroatoms. The van der Waals surface area contributed by atoms with E-state index in [0.717, 1.165) is 122 Å². The van der Waals surface area contributed by atoms with Crippen molar-refractivity contribution >= 4 is 17.9 Å². The van der Waals surface area contributed by atoms with Crippen LogP contribution in [-0.4, -0.2) is 37.2 Å². The molecule has 0 aromatic carbocycles. The monoisotopic (exact) mass is 949 g/mol. The molecule has 0 bridgehead atoms. The Morgan fingerprint density at radius 2 is 0.609 bits per heavy atom. The Labute approximate surface area is 422 Å². The Balaban J connectivity index is 4.65. The minimum absolute atomic E-state index is 0.139. The van der Waals surface area contributed by atoms with Crippen LogP contribution in [0.2, 0.25) is 0 Å². The molecular weight excluding hydrogens is 853 g/mol. The molecule has 69 heavy (non-hydrogen) atoms. The van der Waals surface area contributed by atoms with Gasteiger partial charge in [0.1, 0.15) is 13.2 Å². The number of ether oxygens (including phenoxy) is 3. The van der Waals surface area contributed by atoms with E-state index in [1.165, 1.54) is 25.7 Å². The zero-order chi connectivity index (χ0) is 50.0. The number of esters is 3. The Kier molecular flexibility index (Phi) is 51.6. The number of carbonyl (C=O) groups excluding carboxylic acids is 3. The average molecular weight is 949 g/mol. The SMILES string of the molecule is CC/C=C\C/C=C\C/C=C\C/C=C\C/C=C\C/C=C\CCC(=O)OCC(COC(=O)CCCCCCC/C=C\C/C=C\CCCCC)OC(=O)CCC/C=C\C/C=C\C/C=C\C/C=C\C/C=C\CC. The molecule has 0 saturated carbocycles. The molecule has 0 aliphatic heterocycles. The molecule has 0 aliphatic rings. The van der Waals surface area contributed by atoms with E-state index >= 15 is 0 Å². The largest absolute Gasteiger partial charge is 0.462 e. The van der Waals surface area contributed by atoms with Gasteiger partial charge in [-0.1, -0.05) is 211 Å². The third-order valence-corrected chi connectivity index (χ3v) is 10.5. The molecule has 0 amide bonds. The van der Waals surface area contributed by atoms with Gasteiger partial charge < -0.3 is 14.2 Å². The summed E-state index contributed by atoms with van der Waals surface area (Å²) in [5, 5.41) is 0. The fourth-order valence-corrected chi connectivity index (χ4v) is 6.53. The summed E-state index contributed by atoms with van der Waals surface area (Å²) < 4.78 is 16.7. The maximum atomic E-state index is 12.8. The van der Waals surface area contributed by atoms with Crippen molar-refractivity contribution in [3.8, 4) is 0 Å². The van der Waals surface area contributed by atoms with E-state index in [4.69, 9.17) is 14.2 Å². The first kappa shape index (κ1) is 64.0.